The van der Waals surface area contributed by atoms with Crippen LogP contribution in [0.5, 0.6) is 0 Å². The van der Waals surface area contributed by atoms with Gasteiger partial charge in [-0.2, -0.15) is 10.2 Å². The van der Waals surface area contributed by atoms with Gasteiger partial charge in [0.1, 0.15) is 0 Å². The zero-order valence-electron chi connectivity index (χ0n) is 12.7. The van der Waals surface area contributed by atoms with Gasteiger partial charge < -0.3 is 10.4 Å². The highest BCUT2D eigenvalue weighted by molar-refractivity contribution is 5.93. The van der Waals surface area contributed by atoms with Crippen LogP contribution in [0.4, 0.5) is 0 Å². The van der Waals surface area contributed by atoms with E-state index in [1.165, 1.54) is 44.5 Å². The number of hydrogen-bond acceptors (Lipinski definition) is 4. The second kappa shape index (κ2) is 8.46. The first-order valence-electron chi connectivity index (χ1n) is 7.94. The quantitative estimate of drug-likeness (QED) is 0.807. The topological polar surface area (TPSA) is 92.2 Å². The third kappa shape index (κ3) is 5.42. The van der Waals surface area contributed by atoms with Crippen molar-refractivity contribution in [3.8, 4) is 0 Å². The lowest BCUT2D eigenvalue weighted by atomic mass is 9.84. The number of nitrogens with zero attached hydrogens (tertiary/aromatic N) is 2. The van der Waals surface area contributed by atoms with Crippen molar-refractivity contribution in [2.45, 2.75) is 57.4 Å². The Labute approximate surface area is 130 Å². The molecule has 1 heterocycles. The van der Waals surface area contributed by atoms with E-state index in [9.17, 15) is 9.59 Å². The minimum Gasteiger partial charge on any atom is -0.481 e. The average molecular weight is 305 g/mol. The summed E-state index contributed by atoms with van der Waals surface area (Å²) < 4.78 is 0. The zero-order valence-corrected chi connectivity index (χ0v) is 12.7. The van der Waals surface area contributed by atoms with Crippen LogP contribution >= 0.6 is 0 Å². The van der Waals surface area contributed by atoms with Crippen LogP contribution in [0.3, 0.4) is 0 Å². The molecule has 1 saturated carbocycles. The molecule has 0 bridgehead atoms. The number of carbonyl (C=O) groups is 2. The van der Waals surface area contributed by atoms with Crippen LogP contribution in [0, 0.1) is 5.92 Å². The minimum atomic E-state index is -0.825. The first kappa shape index (κ1) is 16.4. The number of carbonyl (C=O) groups excluding carboxylic acids is 1. The minimum absolute atomic E-state index is 0.0757. The van der Waals surface area contributed by atoms with E-state index in [-0.39, 0.29) is 18.4 Å². The van der Waals surface area contributed by atoms with Crippen molar-refractivity contribution in [2.24, 2.45) is 5.92 Å². The first-order valence-corrected chi connectivity index (χ1v) is 7.94. The van der Waals surface area contributed by atoms with Gasteiger partial charge in [0.2, 0.25) is 0 Å². The van der Waals surface area contributed by atoms with Gasteiger partial charge in [-0.1, -0.05) is 32.1 Å². The molecule has 1 aliphatic carbocycles. The summed E-state index contributed by atoms with van der Waals surface area (Å²) in [7, 11) is 0. The maximum atomic E-state index is 12.2. The Morgan fingerprint density at radius 1 is 1.27 bits per heavy atom. The van der Waals surface area contributed by atoms with Crippen LogP contribution in [-0.2, 0) is 4.79 Å². The predicted molar refractivity (Wildman–Crippen MR) is 81.3 cm³/mol. The Balaban J connectivity index is 1.93. The molecule has 2 rings (SSSR count). The summed E-state index contributed by atoms with van der Waals surface area (Å²) in [5, 5.41) is 19.2. The van der Waals surface area contributed by atoms with E-state index in [0.29, 0.717) is 17.9 Å². The Kier molecular flexibility index (Phi) is 6.30. The Bertz CT molecular complexity index is 487. The fraction of sp³-hybridized carbons (Fsp3) is 0.625. The van der Waals surface area contributed by atoms with Gasteiger partial charge in [0.15, 0.2) is 0 Å². The summed E-state index contributed by atoms with van der Waals surface area (Å²) in [4.78, 5) is 23.0. The first-order chi connectivity index (χ1) is 10.6. The normalized spacial score (nSPS) is 16.9. The van der Waals surface area contributed by atoms with Crippen molar-refractivity contribution in [2.75, 3.05) is 0 Å². The predicted octanol–water partition coefficient (Wildman–Crippen LogP) is 2.41. The summed E-state index contributed by atoms with van der Waals surface area (Å²) in [6.07, 6.45) is 10.4. The maximum Gasteiger partial charge on any atom is 0.303 e. The lowest BCUT2D eigenvalue weighted by Gasteiger charge is -2.27. The third-order valence-electron chi connectivity index (χ3n) is 4.23. The number of carboxylic acid groups (broad SMARTS) is 1. The molecule has 1 amide bonds. The fourth-order valence-corrected chi connectivity index (χ4v) is 3.07. The summed E-state index contributed by atoms with van der Waals surface area (Å²) in [5.74, 6) is -0.446. The SMILES string of the molecule is O=C(O)CCC(CC1CCCCC1)NC(=O)c1ccnnc1. The van der Waals surface area contributed by atoms with E-state index in [4.69, 9.17) is 5.11 Å². The molecule has 1 aliphatic rings. The third-order valence-corrected chi connectivity index (χ3v) is 4.23. The molecule has 1 unspecified atom stereocenters. The number of carboxylic acids is 1. The van der Waals surface area contributed by atoms with Gasteiger partial charge in [-0.15, -0.1) is 0 Å². The largest absolute Gasteiger partial charge is 0.481 e. The number of hydrogen-bond donors (Lipinski definition) is 2. The van der Waals surface area contributed by atoms with E-state index >= 15 is 0 Å². The standard InChI is InChI=1S/C16H23N3O3/c20-15(21)7-6-14(10-12-4-2-1-3-5-12)19-16(22)13-8-9-17-18-11-13/h8-9,11-12,14H,1-7,10H2,(H,19,22)(H,20,21). The second-order valence-corrected chi connectivity index (χ2v) is 5.97. The second-order valence-electron chi connectivity index (χ2n) is 5.97. The van der Waals surface area contributed by atoms with Crippen molar-refractivity contribution >= 4 is 11.9 Å². The number of nitrogens with one attached hydrogen (secondary N) is 1. The van der Waals surface area contributed by atoms with Crippen molar-refractivity contribution in [3.05, 3.63) is 24.0 Å². The summed E-state index contributed by atoms with van der Waals surface area (Å²) >= 11 is 0. The van der Waals surface area contributed by atoms with E-state index in [2.05, 4.69) is 15.5 Å². The Morgan fingerprint density at radius 2 is 2.05 bits per heavy atom. The molecule has 1 atom stereocenters. The maximum absolute atomic E-state index is 12.2. The van der Waals surface area contributed by atoms with Gasteiger partial charge in [-0.25, -0.2) is 0 Å². The van der Waals surface area contributed by atoms with Crippen molar-refractivity contribution in [1.29, 1.82) is 0 Å². The Hall–Kier alpha value is -1.98. The molecule has 1 fully saturated rings. The lowest BCUT2D eigenvalue weighted by molar-refractivity contribution is -0.137. The van der Waals surface area contributed by atoms with Crippen molar-refractivity contribution in [1.82, 2.24) is 15.5 Å². The highest BCUT2D eigenvalue weighted by Gasteiger charge is 2.21. The fourth-order valence-electron chi connectivity index (χ4n) is 3.07. The van der Waals surface area contributed by atoms with Crippen molar-refractivity contribution < 1.29 is 14.7 Å². The van der Waals surface area contributed by atoms with Gasteiger partial charge in [0.25, 0.3) is 5.91 Å². The highest BCUT2D eigenvalue weighted by atomic mass is 16.4. The average Bonchev–Trinajstić information content (AvgIpc) is 2.54. The van der Waals surface area contributed by atoms with Gasteiger partial charge in [0.05, 0.1) is 18.0 Å². The van der Waals surface area contributed by atoms with Gasteiger partial charge in [-0.3, -0.25) is 9.59 Å². The molecule has 1 aromatic heterocycles. The van der Waals surface area contributed by atoms with Crippen LogP contribution < -0.4 is 5.32 Å². The number of amides is 1. The molecule has 0 spiro atoms. The molecule has 6 nitrogen and oxygen atoms in total. The number of aliphatic carboxylic acids is 1. The molecule has 0 saturated heterocycles. The van der Waals surface area contributed by atoms with Gasteiger partial charge in [0, 0.05) is 12.5 Å². The molecule has 6 heteroatoms. The molecular weight excluding hydrogens is 282 g/mol. The molecule has 120 valence electrons. The number of rotatable bonds is 7. The smallest absolute Gasteiger partial charge is 0.303 e. The molecule has 0 aliphatic heterocycles. The Morgan fingerprint density at radius 3 is 2.68 bits per heavy atom. The van der Waals surface area contributed by atoms with Crippen molar-refractivity contribution in [3.63, 3.8) is 0 Å². The zero-order chi connectivity index (χ0) is 15.8. The highest BCUT2D eigenvalue weighted by Crippen LogP contribution is 2.28. The van der Waals surface area contributed by atoms with Gasteiger partial charge >= 0.3 is 5.97 Å². The van der Waals surface area contributed by atoms with E-state index in [1.807, 2.05) is 0 Å². The molecule has 2 N–H and O–H groups in total. The lowest BCUT2D eigenvalue weighted by Crippen LogP contribution is -2.37. The molecule has 0 aromatic carbocycles. The van der Waals surface area contributed by atoms with Crippen LogP contribution in [0.25, 0.3) is 0 Å². The van der Waals surface area contributed by atoms with Crippen LogP contribution in [0.2, 0.25) is 0 Å². The monoisotopic (exact) mass is 305 g/mol. The molecule has 1 aromatic rings. The van der Waals surface area contributed by atoms with Crippen LogP contribution in [-0.4, -0.2) is 33.2 Å². The summed E-state index contributed by atoms with van der Waals surface area (Å²) in [6, 6.07) is 1.51. The van der Waals surface area contributed by atoms with Crippen LogP contribution in [0.15, 0.2) is 18.5 Å². The van der Waals surface area contributed by atoms with E-state index in [0.717, 1.165) is 6.42 Å². The van der Waals surface area contributed by atoms with E-state index < -0.39 is 5.97 Å². The van der Waals surface area contributed by atoms with E-state index in [1.54, 1.807) is 6.07 Å². The molecular formula is C16H23N3O3. The number of aromatic nitrogens is 2. The molecule has 22 heavy (non-hydrogen) atoms. The summed E-state index contributed by atoms with van der Waals surface area (Å²) in [6.45, 7) is 0. The van der Waals surface area contributed by atoms with Crippen LogP contribution in [0.1, 0.15) is 61.7 Å². The van der Waals surface area contributed by atoms with Gasteiger partial charge in [-0.05, 0) is 24.8 Å². The molecule has 0 radical (unpaired) electrons. The summed E-state index contributed by atoms with van der Waals surface area (Å²) in [5.41, 5.74) is 0.457.